The zero-order chi connectivity index (χ0) is 11.5. The second kappa shape index (κ2) is 4.71. The fourth-order valence-corrected chi connectivity index (χ4v) is 1.86. The van der Waals surface area contributed by atoms with Gasteiger partial charge in [-0.3, -0.25) is 0 Å². The summed E-state index contributed by atoms with van der Waals surface area (Å²) in [5.41, 5.74) is 0.523. The van der Waals surface area contributed by atoms with Crippen LogP contribution in [0.15, 0.2) is 28.7 Å². The number of carbonyl (C=O) groups is 1. The number of ether oxygens (including phenoxy) is 1. The SMILES string of the molecule is C#C[C@@H](OC(=O)c1cccc(Br)c1)C1CC1. The first kappa shape index (κ1) is 11.2. The Kier molecular flexibility index (Phi) is 3.31. The van der Waals surface area contributed by atoms with Crippen molar-refractivity contribution >= 4 is 21.9 Å². The van der Waals surface area contributed by atoms with Crippen LogP contribution in [0.1, 0.15) is 23.2 Å². The molecule has 0 N–H and O–H groups in total. The molecule has 0 bridgehead atoms. The molecule has 82 valence electrons. The molecule has 3 heteroatoms. The highest BCUT2D eigenvalue weighted by atomic mass is 79.9. The predicted octanol–water partition coefficient (Wildman–Crippen LogP) is 3.02. The van der Waals surface area contributed by atoms with E-state index >= 15 is 0 Å². The van der Waals surface area contributed by atoms with Crippen LogP contribution in [-0.4, -0.2) is 12.1 Å². The maximum absolute atomic E-state index is 11.8. The molecule has 0 heterocycles. The van der Waals surface area contributed by atoms with Crippen molar-refractivity contribution in [3.8, 4) is 12.3 Å². The predicted molar refractivity (Wildman–Crippen MR) is 64.9 cm³/mol. The Morgan fingerprint density at radius 1 is 1.56 bits per heavy atom. The van der Waals surface area contributed by atoms with Crippen LogP contribution in [0.3, 0.4) is 0 Å². The summed E-state index contributed by atoms with van der Waals surface area (Å²) in [7, 11) is 0. The van der Waals surface area contributed by atoms with Gasteiger partial charge in [-0.2, -0.15) is 0 Å². The Balaban J connectivity index is 2.05. The molecule has 0 spiro atoms. The summed E-state index contributed by atoms with van der Waals surface area (Å²) in [6.07, 6.45) is 7.08. The van der Waals surface area contributed by atoms with Crippen LogP contribution >= 0.6 is 15.9 Å². The van der Waals surface area contributed by atoms with Gasteiger partial charge in [0.1, 0.15) is 0 Å². The van der Waals surface area contributed by atoms with Gasteiger partial charge in [-0.1, -0.05) is 27.9 Å². The van der Waals surface area contributed by atoms with E-state index in [0.29, 0.717) is 11.5 Å². The number of esters is 1. The maximum Gasteiger partial charge on any atom is 0.339 e. The van der Waals surface area contributed by atoms with Gasteiger partial charge in [0.05, 0.1) is 5.56 Å². The van der Waals surface area contributed by atoms with E-state index in [1.54, 1.807) is 18.2 Å². The van der Waals surface area contributed by atoms with E-state index in [0.717, 1.165) is 17.3 Å². The fourth-order valence-electron chi connectivity index (χ4n) is 1.46. The standard InChI is InChI=1S/C13H11BrO2/c1-2-12(9-6-7-9)16-13(15)10-4-3-5-11(14)8-10/h1,3-5,8-9,12H,6-7H2/t12-/m1/s1. The smallest absolute Gasteiger partial charge is 0.339 e. The van der Waals surface area contributed by atoms with Crippen LogP contribution in [-0.2, 0) is 4.74 Å². The normalized spacial score (nSPS) is 16.2. The lowest BCUT2D eigenvalue weighted by molar-refractivity contribution is 0.0374. The zero-order valence-corrected chi connectivity index (χ0v) is 10.2. The van der Waals surface area contributed by atoms with Crippen LogP contribution in [0, 0.1) is 18.3 Å². The van der Waals surface area contributed by atoms with Gasteiger partial charge in [-0.05, 0) is 31.0 Å². The van der Waals surface area contributed by atoms with E-state index in [9.17, 15) is 4.79 Å². The van der Waals surface area contributed by atoms with Gasteiger partial charge in [-0.25, -0.2) is 4.79 Å². The lowest BCUT2D eigenvalue weighted by Gasteiger charge is -2.11. The molecule has 1 saturated carbocycles. The molecule has 1 aromatic rings. The largest absolute Gasteiger partial charge is 0.445 e. The third-order valence-corrected chi connectivity index (χ3v) is 3.00. The van der Waals surface area contributed by atoms with Crippen LogP contribution in [0.25, 0.3) is 0 Å². The van der Waals surface area contributed by atoms with Gasteiger partial charge in [0, 0.05) is 10.4 Å². The number of carbonyl (C=O) groups excluding carboxylic acids is 1. The molecule has 0 radical (unpaired) electrons. The molecule has 2 rings (SSSR count). The van der Waals surface area contributed by atoms with Gasteiger partial charge in [0.25, 0.3) is 0 Å². The summed E-state index contributed by atoms with van der Waals surface area (Å²) in [6.45, 7) is 0. The summed E-state index contributed by atoms with van der Waals surface area (Å²) in [5, 5.41) is 0. The van der Waals surface area contributed by atoms with Crippen molar-refractivity contribution in [1.29, 1.82) is 0 Å². The molecule has 1 atom stereocenters. The molecular weight excluding hydrogens is 268 g/mol. The molecule has 1 aliphatic carbocycles. The van der Waals surface area contributed by atoms with E-state index in [1.807, 2.05) is 6.07 Å². The van der Waals surface area contributed by atoms with Crippen molar-refractivity contribution in [2.75, 3.05) is 0 Å². The third-order valence-electron chi connectivity index (χ3n) is 2.51. The zero-order valence-electron chi connectivity index (χ0n) is 8.65. The first-order valence-electron chi connectivity index (χ1n) is 5.13. The molecule has 1 aliphatic rings. The summed E-state index contributed by atoms with van der Waals surface area (Å²) < 4.78 is 6.12. The van der Waals surface area contributed by atoms with Crippen molar-refractivity contribution in [1.82, 2.24) is 0 Å². The number of terminal acetylenes is 1. The lowest BCUT2D eigenvalue weighted by atomic mass is 10.2. The van der Waals surface area contributed by atoms with Gasteiger partial charge in [0.2, 0.25) is 0 Å². The molecule has 0 unspecified atom stereocenters. The highest BCUT2D eigenvalue weighted by Crippen LogP contribution is 2.34. The summed E-state index contributed by atoms with van der Waals surface area (Å²) in [4.78, 5) is 11.8. The Hall–Kier alpha value is -1.27. The third kappa shape index (κ3) is 2.65. The van der Waals surface area contributed by atoms with E-state index in [-0.39, 0.29) is 12.1 Å². The van der Waals surface area contributed by atoms with Crippen LogP contribution in [0.4, 0.5) is 0 Å². The molecule has 0 aliphatic heterocycles. The molecule has 1 fully saturated rings. The molecule has 0 amide bonds. The Labute approximate surface area is 103 Å². The number of rotatable bonds is 3. The first-order chi connectivity index (χ1) is 7.70. The Bertz CT molecular complexity index is 443. The average Bonchev–Trinajstić information content (AvgIpc) is 3.09. The van der Waals surface area contributed by atoms with Crippen LogP contribution in [0.2, 0.25) is 0 Å². The van der Waals surface area contributed by atoms with Crippen LogP contribution in [0.5, 0.6) is 0 Å². The number of halogens is 1. The average molecular weight is 279 g/mol. The van der Waals surface area contributed by atoms with E-state index in [1.165, 1.54) is 0 Å². The highest BCUT2D eigenvalue weighted by Gasteiger charge is 2.32. The number of hydrogen-bond acceptors (Lipinski definition) is 2. The highest BCUT2D eigenvalue weighted by molar-refractivity contribution is 9.10. The molecular formula is C13H11BrO2. The van der Waals surface area contributed by atoms with E-state index in [2.05, 4.69) is 21.9 Å². The number of benzene rings is 1. The maximum atomic E-state index is 11.8. The second-order valence-electron chi connectivity index (χ2n) is 3.84. The van der Waals surface area contributed by atoms with Crippen molar-refractivity contribution in [2.45, 2.75) is 18.9 Å². The molecule has 0 saturated heterocycles. The summed E-state index contributed by atoms with van der Waals surface area (Å²) >= 11 is 3.31. The van der Waals surface area contributed by atoms with E-state index < -0.39 is 0 Å². The summed E-state index contributed by atoms with van der Waals surface area (Å²) in [5.74, 6) is 2.54. The van der Waals surface area contributed by atoms with Crippen molar-refractivity contribution in [3.05, 3.63) is 34.3 Å². The second-order valence-corrected chi connectivity index (χ2v) is 4.76. The quantitative estimate of drug-likeness (QED) is 0.628. The first-order valence-corrected chi connectivity index (χ1v) is 5.92. The van der Waals surface area contributed by atoms with Crippen molar-refractivity contribution in [2.24, 2.45) is 5.92 Å². The molecule has 16 heavy (non-hydrogen) atoms. The van der Waals surface area contributed by atoms with Gasteiger partial charge in [-0.15, -0.1) is 6.42 Å². The summed E-state index contributed by atoms with van der Waals surface area (Å²) in [6, 6.07) is 7.09. The van der Waals surface area contributed by atoms with Gasteiger partial charge >= 0.3 is 5.97 Å². The molecule has 1 aromatic carbocycles. The Morgan fingerprint density at radius 2 is 2.31 bits per heavy atom. The van der Waals surface area contributed by atoms with Gasteiger partial charge in [0.15, 0.2) is 6.10 Å². The molecule has 0 aromatic heterocycles. The minimum atomic E-state index is -0.369. The lowest BCUT2D eigenvalue weighted by Crippen LogP contribution is -2.18. The number of hydrogen-bond donors (Lipinski definition) is 0. The molecule has 2 nitrogen and oxygen atoms in total. The van der Waals surface area contributed by atoms with Gasteiger partial charge < -0.3 is 4.74 Å². The fraction of sp³-hybridized carbons (Fsp3) is 0.308. The van der Waals surface area contributed by atoms with Crippen LogP contribution < -0.4 is 0 Å². The monoisotopic (exact) mass is 278 g/mol. The Morgan fingerprint density at radius 3 is 2.88 bits per heavy atom. The minimum Gasteiger partial charge on any atom is -0.445 e. The van der Waals surface area contributed by atoms with Crippen molar-refractivity contribution in [3.63, 3.8) is 0 Å². The van der Waals surface area contributed by atoms with E-state index in [4.69, 9.17) is 11.2 Å². The van der Waals surface area contributed by atoms with Crippen molar-refractivity contribution < 1.29 is 9.53 Å². The minimum absolute atomic E-state index is 0.351. The topological polar surface area (TPSA) is 26.3 Å².